The number of aliphatic carboxylic acids is 1. The van der Waals surface area contributed by atoms with Crippen LogP contribution in [0, 0.1) is 0 Å². The predicted molar refractivity (Wildman–Crippen MR) is 98.9 cm³/mol. The van der Waals surface area contributed by atoms with Crippen molar-refractivity contribution in [3.63, 3.8) is 0 Å². The summed E-state index contributed by atoms with van der Waals surface area (Å²) in [4.78, 5) is 23.8. The number of benzene rings is 2. The normalized spacial score (nSPS) is 14.3. The number of para-hydroxylation sites is 1. The first-order chi connectivity index (χ1) is 12.0. The second kappa shape index (κ2) is 9.13. The molecule has 2 aromatic carbocycles. The molecular weight excluding hydrogens is 338 g/mol. The summed E-state index contributed by atoms with van der Waals surface area (Å²) in [6, 6.07) is 18.2. The Morgan fingerprint density at radius 3 is 2.16 bits per heavy atom. The van der Waals surface area contributed by atoms with Crippen LogP contribution in [0.2, 0.25) is 0 Å². The molecule has 0 bridgehead atoms. The van der Waals surface area contributed by atoms with Crippen LogP contribution in [0.1, 0.15) is 18.9 Å². The van der Waals surface area contributed by atoms with E-state index in [1.807, 2.05) is 36.4 Å². The number of nitrogens with one attached hydrogen (secondary N) is 1. The molecule has 2 rings (SSSR count). The van der Waals surface area contributed by atoms with Crippen molar-refractivity contribution >= 4 is 28.4 Å². The van der Waals surface area contributed by atoms with Crippen molar-refractivity contribution in [2.75, 3.05) is 5.32 Å². The monoisotopic (exact) mass is 359 g/mol. The first kappa shape index (κ1) is 18.9. The van der Waals surface area contributed by atoms with E-state index < -0.39 is 33.2 Å². The molecule has 0 saturated heterocycles. The van der Waals surface area contributed by atoms with Gasteiger partial charge in [-0.15, -0.1) is 0 Å². The molecule has 2 aromatic rings. The fraction of sp³-hybridized carbons (Fsp3) is 0.263. The maximum absolute atomic E-state index is 12.6. The summed E-state index contributed by atoms with van der Waals surface area (Å²) in [5.41, 5.74) is 1.57. The highest BCUT2D eigenvalue weighted by Gasteiger charge is 2.32. The molecule has 0 heterocycles. The molecule has 5 nitrogen and oxygen atoms in total. The molecule has 3 atom stereocenters. The number of hydrogen-bond acceptors (Lipinski definition) is 3. The van der Waals surface area contributed by atoms with Crippen molar-refractivity contribution in [1.82, 2.24) is 0 Å². The van der Waals surface area contributed by atoms with Crippen LogP contribution < -0.4 is 5.32 Å². The molecule has 1 amide bonds. The van der Waals surface area contributed by atoms with E-state index >= 15 is 0 Å². The topological polar surface area (TPSA) is 83.5 Å². The molecule has 0 aliphatic heterocycles. The molecule has 2 N–H and O–H groups in total. The number of hydrogen-bond donors (Lipinski definition) is 2. The standard InChI is InChI=1S/C19H21NO4S/c1-14(18(21)20-16-10-6-3-7-11-16)25(24)17(19(22)23)13-12-15-8-4-2-5-9-15/h2-11,14,17H,12-13H2,1H3,(H,20,21)(H,22,23). The molecule has 0 aliphatic rings. The summed E-state index contributed by atoms with van der Waals surface area (Å²) in [6.07, 6.45) is 0.714. The summed E-state index contributed by atoms with van der Waals surface area (Å²) in [5, 5.41) is 10.1. The second-order valence-electron chi connectivity index (χ2n) is 5.68. The summed E-state index contributed by atoms with van der Waals surface area (Å²) >= 11 is 0. The average molecular weight is 359 g/mol. The Balaban J connectivity index is 2.00. The van der Waals surface area contributed by atoms with E-state index in [-0.39, 0.29) is 6.42 Å². The second-order valence-corrected chi connectivity index (χ2v) is 7.61. The van der Waals surface area contributed by atoms with Gasteiger partial charge in [0.05, 0.1) is 0 Å². The number of aryl methyl sites for hydroxylation is 1. The van der Waals surface area contributed by atoms with Crippen LogP contribution >= 0.6 is 0 Å². The lowest BCUT2D eigenvalue weighted by Gasteiger charge is -2.17. The smallest absolute Gasteiger partial charge is 0.319 e. The van der Waals surface area contributed by atoms with Crippen LogP contribution in [-0.2, 0) is 26.8 Å². The van der Waals surface area contributed by atoms with Crippen molar-refractivity contribution in [3.8, 4) is 0 Å². The number of amides is 1. The minimum Gasteiger partial charge on any atom is -0.480 e. The van der Waals surface area contributed by atoms with E-state index in [1.54, 1.807) is 24.3 Å². The van der Waals surface area contributed by atoms with Gasteiger partial charge in [0.2, 0.25) is 5.91 Å². The molecule has 0 aliphatic carbocycles. The van der Waals surface area contributed by atoms with Gasteiger partial charge in [0.1, 0.15) is 10.5 Å². The minimum absolute atomic E-state index is 0.217. The van der Waals surface area contributed by atoms with Gasteiger partial charge in [0.25, 0.3) is 0 Å². The van der Waals surface area contributed by atoms with Gasteiger partial charge < -0.3 is 10.4 Å². The zero-order valence-corrected chi connectivity index (χ0v) is 14.7. The highest BCUT2D eigenvalue weighted by molar-refractivity contribution is 7.87. The molecule has 0 saturated carbocycles. The van der Waals surface area contributed by atoms with Crippen LogP contribution in [0.5, 0.6) is 0 Å². The number of carbonyl (C=O) groups is 2. The maximum atomic E-state index is 12.6. The Morgan fingerprint density at radius 2 is 1.60 bits per heavy atom. The predicted octanol–water partition coefficient (Wildman–Crippen LogP) is 2.85. The van der Waals surface area contributed by atoms with Crippen molar-refractivity contribution in [2.24, 2.45) is 0 Å². The lowest BCUT2D eigenvalue weighted by atomic mass is 10.1. The molecule has 132 valence electrons. The third kappa shape index (κ3) is 5.53. The molecular formula is C19H21NO4S. The van der Waals surface area contributed by atoms with Crippen molar-refractivity contribution in [1.29, 1.82) is 0 Å². The van der Waals surface area contributed by atoms with Gasteiger partial charge in [0.15, 0.2) is 0 Å². The highest BCUT2D eigenvalue weighted by Crippen LogP contribution is 2.15. The van der Waals surface area contributed by atoms with E-state index in [9.17, 15) is 18.9 Å². The van der Waals surface area contributed by atoms with Gasteiger partial charge in [-0.1, -0.05) is 48.5 Å². The third-order valence-electron chi connectivity index (χ3n) is 3.85. The Labute approximate surface area is 149 Å². The van der Waals surface area contributed by atoms with E-state index in [4.69, 9.17) is 0 Å². The first-order valence-electron chi connectivity index (χ1n) is 8.01. The Morgan fingerprint density at radius 1 is 1.04 bits per heavy atom. The van der Waals surface area contributed by atoms with Crippen LogP contribution in [-0.4, -0.2) is 31.7 Å². The van der Waals surface area contributed by atoms with E-state index in [1.165, 1.54) is 6.92 Å². The number of carboxylic acid groups (broad SMARTS) is 1. The molecule has 3 unspecified atom stereocenters. The summed E-state index contributed by atoms with van der Waals surface area (Å²) in [7, 11) is -1.82. The van der Waals surface area contributed by atoms with E-state index in [0.29, 0.717) is 12.1 Å². The molecule has 25 heavy (non-hydrogen) atoms. The molecule has 0 aromatic heterocycles. The number of rotatable bonds is 8. The van der Waals surface area contributed by atoms with Crippen molar-refractivity contribution < 1.29 is 18.9 Å². The third-order valence-corrected chi connectivity index (χ3v) is 5.76. The largest absolute Gasteiger partial charge is 0.480 e. The van der Waals surface area contributed by atoms with Gasteiger partial charge in [-0.2, -0.15) is 0 Å². The molecule has 0 fully saturated rings. The lowest BCUT2D eigenvalue weighted by Crippen LogP contribution is -2.38. The van der Waals surface area contributed by atoms with Crippen LogP contribution in [0.4, 0.5) is 5.69 Å². The SMILES string of the molecule is CC(C(=O)Nc1ccccc1)S(=O)C(CCc1ccccc1)C(=O)O. The quantitative estimate of drug-likeness (QED) is 0.759. The Bertz CT molecular complexity index is 734. The van der Waals surface area contributed by atoms with Crippen LogP contribution in [0.3, 0.4) is 0 Å². The van der Waals surface area contributed by atoms with Gasteiger partial charge in [-0.25, -0.2) is 0 Å². The fourth-order valence-corrected chi connectivity index (χ4v) is 3.71. The number of carbonyl (C=O) groups excluding carboxylic acids is 1. The van der Waals surface area contributed by atoms with Gasteiger partial charge in [-0.3, -0.25) is 13.8 Å². The van der Waals surface area contributed by atoms with Gasteiger partial charge in [0, 0.05) is 16.5 Å². The van der Waals surface area contributed by atoms with Gasteiger partial charge >= 0.3 is 5.97 Å². The van der Waals surface area contributed by atoms with Crippen molar-refractivity contribution in [3.05, 3.63) is 66.2 Å². The summed E-state index contributed by atoms with van der Waals surface area (Å²) in [5.74, 6) is -1.59. The van der Waals surface area contributed by atoms with Gasteiger partial charge in [-0.05, 0) is 37.5 Å². The zero-order valence-electron chi connectivity index (χ0n) is 13.9. The summed E-state index contributed by atoms with van der Waals surface area (Å²) in [6.45, 7) is 1.49. The lowest BCUT2D eigenvalue weighted by molar-refractivity contribution is -0.136. The van der Waals surface area contributed by atoms with Crippen LogP contribution in [0.15, 0.2) is 60.7 Å². The first-order valence-corrected chi connectivity index (χ1v) is 9.28. The number of anilines is 1. The maximum Gasteiger partial charge on any atom is 0.319 e. The van der Waals surface area contributed by atoms with Crippen molar-refractivity contribution in [2.45, 2.75) is 30.3 Å². The zero-order chi connectivity index (χ0) is 18.2. The highest BCUT2D eigenvalue weighted by atomic mass is 32.2. The van der Waals surface area contributed by atoms with E-state index in [0.717, 1.165) is 5.56 Å². The van der Waals surface area contributed by atoms with Crippen LogP contribution in [0.25, 0.3) is 0 Å². The van der Waals surface area contributed by atoms with E-state index in [2.05, 4.69) is 5.32 Å². The molecule has 6 heteroatoms. The summed E-state index contributed by atoms with van der Waals surface area (Å²) < 4.78 is 12.6. The molecule has 0 radical (unpaired) electrons. The fourth-order valence-electron chi connectivity index (χ4n) is 2.40. The Hall–Kier alpha value is -2.47. The Kier molecular flexibility index (Phi) is 6.89. The number of carboxylic acids is 1. The molecule has 0 spiro atoms. The minimum atomic E-state index is -1.82. The average Bonchev–Trinajstić information content (AvgIpc) is 2.62.